The van der Waals surface area contributed by atoms with Crippen molar-refractivity contribution in [3.05, 3.63) is 187 Å². The first kappa shape index (κ1) is 69.9. The van der Waals surface area contributed by atoms with E-state index in [1.165, 1.54) is 14.2 Å². The first-order valence-electron chi connectivity index (χ1n) is 31.3. The second-order valence-corrected chi connectivity index (χ2v) is 30.7. The van der Waals surface area contributed by atoms with Crippen molar-refractivity contribution in [1.82, 2.24) is 21.3 Å². The number of hydrogen-bond donors (Lipinski definition) is 6. The van der Waals surface area contributed by atoms with Crippen molar-refractivity contribution in [3.8, 4) is 23.0 Å². The van der Waals surface area contributed by atoms with E-state index in [1.54, 1.807) is 0 Å². The largest absolute Gasteiger partial charge is 0.507 e. The molecule has 92 heavy (non-hydrogen) atoms. The van der Waals surface area contributed by atoms with Crippen molar-refractivity contribution in [2.45, 2.75) is 167 Å². The number of benzene rings is 6. The van der Waals surface area contributed by atoms with Crippen LogP contribution >= 0.6 is 21.6 Å². The van der Waals surface area contributed by atoms with Gasteiger partial charge < -0.3 is 50.4 Å². The lowest BCUT2D eigenvalue weighted by Gasteiger charge is -2.28. The third kappa shape index (κ3) is 18.0. The SMILES string of the molecule is COC(=O)[C@@H]1CSSC[C@@H](C(=O)OC)NC(=O)[C@@H](Cc2ccccc2)NC(=O)COc2c3cc(C(C)(C)C)cc2Cc2cc(C(C)(C)C)cc(c2O)Cc2cc(C(C)(C)C)cc(c2OCC(=O)N[C@@H](Cc2ccccc2)C(=O)N1)Cc1cc(C(C)(C)C)cc(c1O)C3. The molecule has 9 rings (SSSR count). The molecular weight excluding hydrogens is 1200 g/mol. The third-order valence-electron chi connectivity index (χ3n) is 16.7. The Kier molecular flexibility index (Phi) is 22.3. The molecule has 10 bridgehead atoms. The van der Waals surface area contributed by atoms with Crippen molar-refractivity contribution >= 4 is 57.2 Å². The maximum Gasteiger partial charge on any atom is 0.329 e. The zero-order valence-electron chi connectivity index (χ0n) is 55.6. The van der Waals surface area contributed by atoms with Crippen LogP contribution in [0.5, 0.6) is 23.0 Å². The summed E-state index contributed by atoms with van der Waals surface area (Å²) in [6, 6.07) is 29.5. The highest BCUT2D eigenvalue weighted by molar-refractivity contribution is 8.76. The van der Waals surface area contributed by atoms with Gasteiger partial charge in [-0.1, -0.05) is 214 Å². The predicted octanol–water partition coefficient (Wildman–Crippen LogP) is 10.9. The number of carbonyl (C=O) groups excluding carboxylic acids is 6. The highest BCUT2D eigenvalue weighted by Crippen LogP contribution is 2.44. The molecule has 0 aromatic heterocycles. The Labute approximate surface area is 549 Å². The molecular formula is C74H90N4O12S2. The minimum Gasteiger partial charge on any atom is -0.507 e. The summed E-state index contributed by atoms with van der Waals surface area (Å²) >= 11 is 0. The van der Waals surface area contributed by atoms with Crippen LogP contribution in [0.2, 0.25) is 0 Å². The van der Waals surface area contributed by atoms with Crippen molar-refractivity contribution in [2.24, 2.45) is 0 Å². The highest BCUT2D eigenvalue weighted by atomic mass is 33.1. The number of hydrogen-bond acceptors (Lipinski definition) is 14. The van der Waals surface area contributed by atoms with Crippen LogP contribution in [0.25, 0.3) is 0 Å². The number of rotatable bonds is 6. The number of methoxy groups -OCH3 is 2. The van der Waals surface area contributed by atoms with E-state index in [0.717, 1.165) is 55.0 Å². The third-order valence-corrected chi connectivity index (χ3v) is 19.2. The Bertz CT molecular complexity index is 3360. The van der Waals surface area contributed by atoms with E-state index in [0.29, 0.717) is 56.0 Å². The van der Waals surface area contributed by atoms with Gasteiger partial charge >= 0.3 is 11.9 Å². The molecule has 3 aliphatic rings. The van der Waals surface area contributed by atoms with Crippen LogP contribution in [-0.4, -0.2) is 109 Å². The lowest BCUT2D eigenvalue weighted by molar-refractivity contribution is -0.145. The Balaban J connectivity index is 1.38. The maximum atomic E-state index is 14.7. The van der Waals surface area contributed by atoms with Crippen LogP contribution in [0, 0.1) is 0 Å². The van der Waals surface area contributed by atoms with E-state index < -0.39 is 94.6 Å². The summed E-state index contributed by atoms with van der Waals surface area (Å²) in [5.41, 5.74) is 8.47. The second kappa shape index (κ2) is 29.3. The van der Waals surface area contributed by atoms with Gasteiger partial charge in [0.25, 0.3) is 11.8 Å². The highest BCUT2D eigenvalue weighted by Gasteiger charge is 2.34. The molecule has 4 amide bonds. The maximum absolute atomic E-state index is 14.7. The Morgan fingerprint density at radius 2 is 0.717 bits per heavy atom. The summed E-state index contributed by atoms with van der Waals surface area (Å²) in [6.45, 7) is 24.2. The van der Waals surface area contributed by atoms with Crippen molar-refractivity contribution in [3.63, 3.8) is 0 Å². The fraction of sp³-hybridized carbons (Fsp3) is 0.432. The fourth-order valence-corrected chi connectivity index (χ4v) is 13.6. The molecule has 0 saturated carbocycles. The molecule has 1 aliphatic carbocycles. The number of esters is 2. The Hall–Kier alpha value is -7.96. The number of phenols is 2. The normalized spacial score (nSPS) is 18.5. The lowest BCUT2D eigenvalue weighted by atomic mass is 9.79. The lowest BCUT2D eigenvalue weighted by Crippen LogP contribution is -2.54. The first-order valence-corrected chi connectivity index (χ1v) is 33.7. The van der Waals surface area contributed by atoms with Crippen molar-refractivity contribution in [1.29, 1.82) is 0 Å². The summed E-state index contributed by atoms with van der Waals surface area (Å²) < 4.78 is 24.0. The van der Waals surface area contributed by atoms with Crippen molar-refractivity contribution in [2.75, 3.05) is 38.9 Å². The standard InChI is InChI=1S/C74H90N4O12S2/c1-71(2,3)53-31-45-27-49-35-55(73(7,8)9)37-51-29-47-33-54(72(4,5)6)34-48(64(47)82)30-52-38-56(74(10,11)12)36-50(28-46(32-53)63(45)81)66(52)90-40-62(80)76-58(26-44-23-19-16-20-24-44)68(84)78-60(70(86)88-14)42-92-91-41-59(69(85)87-13)77-67(83)57(25-43-21-17-15-18-22-43)75-61(79)39-89-65(49)51/h15-24,31-38,57-60,81-82H,25-30,39-42H2,1-14H3,(H,75,79)(H,76,80)(H,77,83)(H,78,84)/t57-,58+,59-,60-/m0/s1. The zero-order valence-corrected chi connectivity index (χ0v) is 57.2. The number of ether oxygens (including phenoxy) is 4. The molecule has 4 atom stereocenters. The van der Waals surface area contributed by atoms with E-state index in [1.807, 2.05) is 84.9 Å². The van der Waals surface area contributed by atoms with E-state index >= 15 is 0 Å². The number of phenolic OH excluding ortho intramolecular Hbond substituents is 2. The molecule has 490 valence electrons. The van der Waals surface area contributed by atoms with E-state index in [-0.39, 0.29) is 61.5 Å². The molecule has 0 unspecified atom stereocenters. The number of amides is 4. The Morgan fingerprint density at radius 1 is 0.446 bits per heavy atom. The van der Waals surface area contributed by atoms with Crippen LogP contribution < -0.4 is 30.7 Å². The average Bonchev–Trinajstić information content (AvgIpc) is 0.771. The second-order valence-electron chi connectivity index (χ2n) is 28.2. The van der Waals surface area contributed by atoms with Gasteiger partial charge in [0.2, 0.25) is 11.8 Å². The van der Waals surface area contributed by atoms with Gasteiger partial charge in [0.15, 0.2) is 13.2 Å². The van der Waals surface area contributed by atoms with Crippen LogP contribution in [0.15, 0.2) is 109 Å². The van der Waals surface area contributed by atoms with Gasteiger partial charge in [-0.05, 0) is 99.5 Å². The number of aromatic hydroxyl groups is 2. The number of fused-ring (bicyclic) bond motifs is 19. The Morgan fingerprint density at radius 3 is 0.978 bits per heavy atom. The van der Waals surface area contributed by atoms with E-state index in [9.17, 15) is 39.0 Å². The van der Waals surface area contributed by atoms with Crippen molar-refractivity contribution < 1.29 is 57.9 Å². The number of nitrogens with one attached hydrogen (secondary N) is 4. The van der Waals surface area contributed by atoms with Gasteiger partial charge in [0.05, 0.1) is 14.2 Å². The van der Waals surface area contributed by atoms with Gasteiger partial charge in [-0.3, -0.25) is 19.2 Å². The number of carbonyl (C=O) groups is 6. The summed E-state index contributed by atoms with van der Waals surface area (Å²) in [4.78, 5) is 85.7. The molecule has 6 N–H and O–H groups in total. The first-order chi connectivity index (χ1) is 43.3. The van der Waals surface area contributed by atoms with E-state index in [2.05, 4.69) is 129 Å². The van der Waals surface area contributed by atoms with Gasteiger partial charge in [-0.2, -0.15) is 0 Å². The van der Waals surface area contributed by atoms with Gasteiger partial charge in [0, 0.05) is 50.0 Å². The van der Waals surface area contributed by atoms with Gasteiger partial charge in [-0.25, -0.2) is 9.59 Å². The molecule has 0 fully saturated rings. The molecule has 18 heteroatoms. The molecule has 2 heterocycles. The minimum atomic E-state index is -1.24. The predicted molar refractivity (Wildman–Crippen MR) is 363 cm³/mol. The van der Waals surface area contributed by atoms with Crippen LogP contribution in [0.3, 0.4) is 0 Å². The molecule has 0 radical (unpaired) electrons. The van der Waals surface area contributed by atoms with Gasteiger partial charge in [-0.15, -0.1) is 0 Å². The summed E-state index contributed by atoms with van der Waals surface area (Å²) in [6.07, 6.45) is 0.598. The smallest absolute Gasteiger partial charge is 0.329 e. The molecule has 0 saturated heterocycles. The average molecular weight is 1290 g/mol. The van der Waals surface area contributed by atoms with Gasteiger partial charge in [0.1, 0.15) is 47.2 Å². The molecule has 16 nitrogen and oxygen atoms in total. The monoisotopic (exact) mass is 1290 g/mol. The van der Waals surface area contributed by atoms with Crippen LogP contribution in [0.4, 0.5) is 0 Å². The quantitative estimate of drug-likeness (QED) is 0.0517. The van der Waals surface area contributed by atoms with Crippen LogP contribution in [-0.2, 0) is 98.4 Å². The summed E-state index contributed by atoms with van der Waals surface area (Å²) in [7, 11) is 4.65. The molecule has 6 aromatic carbocycles. The van der Waals surface area contributed by atoms with E-state index in [4.69, 9.17) is 18.9 Å². The molecule has 6 aromatic rings. The minimum absolute atomic E-state index is 0.0291. The molecule has 0 spiro atoms. The summed E-state index contributed by atoms with van der Waals surface area (Å²) in [5.74, 6) is -3.52. The fourth-order valence-electron chi connectivity index (χ4n) is 11.3. The summed E-state index contributed by atoms with van der Waals surface area (Å²) in [5, 5.41) is 37.4. The molecule has 2 aliphatic heterocycles. The zero-order chi connectivity index (χ0) is 67.0. The topological polar surface area (TPSA) is 228 Å². The van der Waals surface area contributed by atoms with Crippen LogP contribution in [0.1, 0.15) is 161 Å².